The molecule has 3 aromatic rings. The lowest BCUT2D eigenvalue weighted by atomic mass is 10.0. The molecule has 28 heavy (non-hydrogen) atoms. The van der Waals surface area contributed by atoms with Gasteiger partial charge in [0, 0.05) is 30.3 Å². The fraction of sp³-hybridized carbons (Fsp3) is 0.381. The predicted molar refractivity (Wildman–Crippen MR) is 103 cm³/mol. The monoisotopic (exact) mass is 380 g/mol. The second-order valence-corrected chi connectivity index (χ2v) is 7.44. The number of aliphatic hydroxyl groups excluding tert-OH is 1. The van der Waals surface area contributed by atoms with E-state index in [2.05, 4.69) is 15.2 Å². The third-order valence-corrected chi connectivity index (χ3v) is 5.22. The molecule has 0 aliphatic carbocycles. The molecular formula is C21H24N4O3. The maximum atomic E-state index is 12.8. The molecule has 0 unspecified atom stereocenters. The van der Waals surface area contributed by atoms with Crippen LogP contribution in [0.1, 0.15) is 22.8 Å². The zero-order chi connectivity index (χ0) is 19.7. The molecule has 7 nitrogen and oxygen atoms in total. The summed E-state index contributed by atoms with van der Waals surface area (Å²) in [5.41, 5.74) is 3.43. The van der Waals surface area contributed by atoms with Gasteiger partial charge in [0.05, 0.1) is 23.9 Å². The topological polar surface area (TPSA) is 95.2 Å². The molecular weight excluding hydrogens is 356 g/mol. The number of aromatic nitrogens is 3. The molecule has 1 fully saturated rings. The molecule has 2 aromatic heterocycles. The zero-order valence-electron chi connectivity index (χ0n) is 16.1. The van der Waals surface area contributed by atoms with Crippen LogP contribution < -0.4 is 0 Å². The highest BCUT2D eigenvalue weighted by molar-refractivity contribution is 5.79. The molecule has 2 N–H and O–H groups in total. The van der Waals surface area contributed by atoms with Gasteiger partial charge in [0.15, 0.2) is 0 Å². The molecule has 2 atom stereocenters. The predicted octanol–water partition coefficient (Wildman–Crippen LogP) is 2.29. The van der Waals surface area contributed by atoms with Crippen LogP contribution in [0.3, 0.4) is 0 Å². The van der Waals surface area contributed by atoms with Crippen LogP contribution in [-0.2, 0) is 17.6 Å². The Morgan fingerprint density at radius 3 is 2.79 bits per heavy atom. The number of carbonyl (C=O) groups excluding carboxylic acids is 1. The summed E-state index contributed by atoms with van der Waals surface area (Å²) in [7, 11) is 0. The minimum atomic E-state index is -0.542. The summed E-state index contributed by atoms with van der Waals surface area (Å²) in [6.45, 7) is 4.63. The Labute approximate surface area is 163 Å². The van der Waals surface area contributed by atoms with Gasteiger partial charge in [-0.3, -0.25) is 9.89 Å². The molecule has 7 heteroatoms. The quantitative estimate of drug-likeness (QED) is 0.708. The number of carbonyl (C=O) groups is 1. The molecule has 146 valence electrons. The van der Waals surface area contributed by atoms with Gasteiger partial charge < -0.3 is 14.4 Å². The number of nitrogens with one attached hydrogen (secondary N) is 1. The highest BCUT2D eigenvalue weighted by atomic mass is 16.4. The number of benzene rings is 1. The first-order valence-electron chi connectivity index (χ1n) is 9.48. The van der Waals surface area contributed by atoms with E-state index in [1.54, 1.807) is 4.90 Å². The summed E-state index contributed by atoms with van der Waals surface area (Å²) in [5.74, 6) is 1.12. The molecule has 1 aliphatic heterocycles. The van der Waals surface area contributed by atoms with Crippen molar-refractivity contribution in [2.75, 3.05) is 13.1 Å². The number of β-amino-alcohol motifs (C(OH)–C–C–N with tert-alkyl or cyclic N) is 1. The Morgan fingerprint density at radius 1 is 1.29 bits per heavy atom. The average Bonchev–Trinajstić information content (AvgIpc) is 3.36. The first-order chi connectivity index (χ1) is 13.5. The molecule has 1 saturated heterocycles. The molecule has 0 radical (unpaired) electrons. The largest absolute Gasteiger partial charge is 0.441 e. The summed E-state index contributed by atoms with van der Waals surface area (Å²) in [4.78, 5) is 19.0. The lowest BCUT2D eigenvalue weighted by Crippen LogP contribution is -2.31. The molecule has 4 rings (SSSR count). The zero-order valence-corrected chi connectivity index (χ0v) is 16.1. The standard InChI is InChI=1S/C21H24N4O3/c1-13-8-17(24-23-13)9-16-11-25(12-19(16)26)20(27)10-18-14(2)28-21(22-18)15-6-4-3-5-7-15/h3-8,16,19,26H,9-12H2,1-2H3,(H,23,24)/t16-,19-/m1/s1. The number of hydrogen-bond acceptors (Lipinski definition) is 5. The Bertz CT molecular complexity index is 963. The van der Waals surface area contributed by atoms with Crippen LogP contribution in [0.15, 0.2) is 40.8 Å². The normalized spacial score (nSPS) is 19.3. The van der Waals surface area contributed by atoms with E-state index in [4.69, 9.17) is 4.42 Å². The number of hydrogen-bond donors (Lipinski definition) is 2. The van der Waals surface area contributed by atoms with E-state index in [0.717, 1.165) is 17.0 Å². The lowest BCUT2D eigenvalue weighted by molar-refractivity contribution is -0.129. The van der Waals surface area contributed by atoms with Crippen molar-refractivity contribution in [1.29, 1.82) is 0 Å². The van der Waals surface area contributed by atoms with Gasteiger partial charge in [-0.1, -0.05) is 18.2 Å². The average molecular weight is 380 g/mol. The third kappa shape index (κ3) is 3.84. The number of H-pyrrole nitrogens is 1. The Morgan fingerprint density at radius 2 is 2.07 bits per heavy atom. The summed E-state index contributed by atoms with van der Waals surface area (Å²) < 4.78 is 5.74. The van der Waals surface area contributed by atoms with E-state index in [0.29, 0.717) is 36.9 Å². The summed E-state index contributed by atoms with van der Waals surface area (Å²) in [5, 5.41) is 17.5. The Kier molecular flexibility index (Phi) is 5.00. The van der Waals surface area contributed by atoms with E-state index in [9.17, 15) is 9.90 Å². The first-order valence-corrected chi connectivity index (χ1v) is 9.48. The van der Waals surface area contributed by atoms with Gasteiger partial charge in [-0.15, -0.1) is 0 Å². The van der Waals surface area contributed by atoms with Crippen molar-refractivity contribution in [1.82, 2.24) is 20.1 Å². The second-order valence-electron chi connectivity index (χ2n) is 7.44. The van der Waals surface area contributed by atoms with E-state index < -0.39 is 6.10 Å². The van der Waals surface area contributed by atoms with Crippen molar-refractivity contribution in [3.63, 3.8) is 0 Å². The second kappa shape index (κ2) is 7.59. The third-order valence-electron chi connectivity index (χ3n) is 5.22. The van der Waals surface area contributed by atoms with Crippen LogP contribution in [0, 0.1) is 19.8 Å². The minimum Gasteiger partial charge on any atom is -0.441 e. The molecule has 1 aromatic carbocycles. The highest BCUT2D eigenvalue weighted by Gasteiger charge is 2.34. The van der Waals surface area contributed by atoms with Crippen LogP contribution in [0.25, 0.3) is 11.5 Å². The number of aryl methyl sites for hydroxylation is 2. The van der Waals surface area contributed by atoms with Gasteiger partial charge in [-0.05, 0) is 38.5 Å². The lowest BCUT2D eigenvalue weighted by Gasteiger charge is -2.15. The number of amides is 1. The molecule has 0 saturated carbocycles. The molecule has 1 amide bonds. The summed E-state index contributed by atoms with van der Waals surface area (Å²) >= 11 is 0. The smallest absolute Gasteiger partial charge is 0.228 e. The number of rotatable bonds is 5. The van der Waals surface area contributed by atoms with Crippen molar-refractivity contribution >= 4 is 5.91 Å². The molecule has 3 heterocycles. The van der Waals surface area contributed by atoms with Gasteiger partial charge in [0.2, 0.25) is 11.8 Å². The fourth-order valence-electron chi connectivity index (χ4n) is 3.66. The molecule has 1 aliphatic rings. The van der Waals surface area contributed by atoms with Crippen LogP contribution >= 0.6 is 0 Å². The van der Waals surface area contributed by atoms with Crippen LogP contribution in [0.2, 0.25) is 0 Å². The Hall–Kier alpha value is -2.93. The number of oxazole rings is 1. The van der Waals surface area contributed by atoms with Crippen LogP contribution in [0.4, 0.5) is 0 Å². The van der Waals surface area contributed by atoms with E-state index in [1.807, 2.05) is 50.2 Å². The molecule has 0 spiro atoms. The van der Waals surface area contributed by atoms with Gasteiger partial charge in [0.1, 0.15) is 5.76 Å². The Balaban J connectivity index is 1.41. The maximum Gasteiger partial charge on any atom is 0.228 e. The van der Waals surface area contributed by atoms with Crippen LogP contribution in [0.5, 0.6) is 0 Å². The van der Waals surface area contributed by atoms with Gasteiger partial charge in [0.25, 0.3) is 0 Å². The van der Waals surface area contributed by atoms with Crippen molar-refractivity contribution in [3.05, 3.63) is 59.2 Å². The highest BCUT2D eigenvalue weighted by Crippen LogP contribution is 2.24. The SMILES string of the molecule is Cc1cc(C[C@@H]2CN(C(=O)Cc3nc(-c4ccccc4)oc3C)C[C@H]2O)n[nH]1. The first kappa shape index (κ1) is 18.4. The number of aromatic amines is 1. The van der Waals surface area contributed by atoms with Crippen molar-refractivity contribution in [3.8, 4) is 11.5 Å². The fourth-order valence-corrected chi connectivity index (χ4v) is 3.66. The minimum absolute atomic E-state index is 0.00932. The van der Waals surface area contributed by atoms with Crippen LogP contribution in [-0.4, -0.2) is 50.3 Å². The van der Waals surface area contributed by atoms with Crippen molar-refractivity contribution in [2.24, 2.45) is 5.92 Å². The summed E-state index contributed by atoms with van der Waals surface area (Å²) in [6, 6.07) is 11.6. The number of aliphatic hydroxyl groups is 1. The number of likely N-dealkylation sites (tertiary alicyclic amines) is 1. The summed E-state index contributed by atoms with van der Waals surface area (Å²) in [6.07, 6.45) is 0.277. The molecule has 0 bridgehead atoms. The van der Waals surface area contributed by atoms with Gasteiger partial charge in [-0.2, -0.15) is 5.10 Å². The van der Waals surface area contributed by atoms with Gasteiger partial charge >= 0.3 is 0 Å². The van der Waals surface area contributed by atoms with Crippen molar-refractivity contribution < 1.29 is 14.3 Å². The van der Waals surface area contributed by atoms with Crippen molar-refractivity contribution in [2.45, 2.75) is 32.8 Å². The number of nitrogens with zero attached hydrogens (tertiary/aromatic N) is 3. The van der Waals surface area contributed by atoms with Gasteiger partial charge in [-0.25, -0.2) is 4.98 Å². The maximum absolute atomic E-state index is 12.8. The van der Waals surface area contributed by atoms with E-state index >= 15 is 0 Å². The van der Waals surface area contributed by atoms with E-state index in [1.165, 1.54) is 0 Å². The van der Waals surface area contributed by atoms with E-state index in [-0.39, 0.29) is 18.2 Å².